The first-order valence-electron chi connectivity index (χ1n) is 11.3. The van der Waals surface area contributed by atoms with Gasteiger partial charge in [0, 0.05) is 14.1 Å². The van der Waals surface area contributed by atoms with Crippen LogP contribution in [0.2, 0.25) is 0 Å². The summed E-state index contributed by atoms with van der Waals surface area (Å²) >= 11 is 0. The number of fused-ring (bicyclic) bond motifs is 2. The van der Waals surface area contributed by atoms with Gasteiger partial charge in [-0.05, 0) is 31.9 Å². The van der Waals surface area contributed by atoms with Gasteiger partial charge >= 0.3 is 6.03 Å². The number of aryl methyl sites for hydroxylation is 1. The summed E-state index contributed by atoms with van der Waals surface area (Å²) in [5.41, 5.74) is -2.43. The number of carbonyl (C=O) groups is 3. The first kappa shape index (κ1) is 22.3. The SMILES string of the molecule is Cc1ccc2oc3c(c(=O)c2c1)C(C1(O)C(=O)N(C)C(=O)N(C)C1=O)OC3=NC1CCCCC1. The second-order valence-corrected chi connectivity index (χ2v) is 9.17. The Balaban J connectivity index is 1.73. The molecule has 2 aliphatic heterocycles. The third-order valence-electron chi connectivity index (χ3n) is 6.86. The molecule has 4 amide bonds. The molecular formula is C24H25N3O7. The molecule has 5 rings (SSSR count). The van der Waals surface area contributed by atoms with E-state index in [1.807, 2.05) is 6.92 Å². The predicted octanol–water partition coefficient (Wildman–Crippen LogP) is 2.03. The Morgan fingerprint density at radius 3 is 2.32 bits per heavy atom. The van der Waals surface area contributed by atoms with E-state index in [4.69, 9.17) is 9.15 Å². The second-order valence-electron chi connectivity index (χ2n) is 9.17. The van der Waals surface area contributed by atoms with Crippen LogP contribution >= 0.6 is 0 Å². The minimum absolute atomic E-state index is 0.00634. The van der Waals surface area contributed by atoms with Crippen LogP contribution in [0.4, 0.5) is 4.79 Å². The molecule has 1 aliphatic carbocycles. The van der Waals surface area contributed by atoms with Crippen LogP contribution in [-0.2, 0) is 14.3 Å². The van der Waals surface area contributed by atoms with Gasteiger partial charge < -0.3 is 14.3 Å². The minimum atomic E-state index is -2.85. The summed E-state index contributed by atoms with van der Waals surface area (Å²) in [6.07, 6.45) is 3.03. The number of likely N-dealkylation sites (N-methyl/N-ethyl adjacent to an activating group) is 2. The summed E-state index contributed by atoms with van der Waals surface area (Å²) in [5.74, 6) is -2.39. The maximum absolute atomic E-state index is 13.6. The van der Waals surface area contributed by atoms with Gasteiger partial charge in [0.2, 0.25) is 5.43 Å². The Morgan fingerprint density at radius 2 is 1.68 bits per heavy atom. The molecule has 0 bridgehead atoms. The zero-order valence-corrected chi connectivity index (χ0v) is 19.2. The maximum Gasteiger partial charge on any atom is 0.333 e. The zero-order valence-electron chi connectivity index (χ0n) is 19.2. The summed E-state index contributed by atoms with van der Waals surface area (Å²) in [4.78, 5) is 58.0. The van der Waals surface area contributed by atoms with E-state index in [1.54, 1.807) is 18.2 Å². The lowest BCUT2D eigenvalue weighted by atomic mass is 9.86. The maximum atomic E-state index is 13.6. The predicted molar refractivity (Wildman–Crippen MR) is 120 cm³/mol. The summed E-state index contributed by atoms with van der Waals surface area (Å²) in [5, 5.41) is 11.7. The van der Waals surface area contributed by atoms with Gasteiger partial charge in [0.05, 0.1) is 17.0 Å². The van der Waals surface area contributed by atoms with Gasteiger partial charge in [-0.2, -0.15) is 0 Å². The molecule has 1 N–H and O–H groups in total. The Morgan fingerprint density at radius 1 is 1.03 bits per heavy atom. The van der Waals surface area contributed by atoms with Crippen molar-refractivity contribution < 1.29 is 28.6 Å². The molecule has 3 aliphatic rings. The number of nitrogens with zero attached hydrogens (tertiary/aromatic N) is 3. The summed E-state index contributed by atoms with van der Waals surface area (Å²) < 4.78 is 12.0. The monoisotopic (exact) mass is 467 g/mol. The van der Waals surface area contributed by atoms with E-state index < -0.39 is 35.0 Å². The molecule has 34 heavy (non-hydrogen) atoms. The van der Waals surface area contributed by atoms with Crippen molar-refractivity contribution in [2.75, 3.05) is 14.1 Å². The van der Waals surface area contributed by atoms with E-state index >= 15 is 0 Å². The number of barbiturate groups is 1. The lowest BCUT2D eigenvalue weighted by molar-refractivity contribution is -0.179. The number of hydrogen-bond donors (Lipinski definition) is 1. The number of ether oxygens (including phenoxy) is 1. The number of rotatable bonds is 2. The number of carbonyl (C=O) groups excluding carboxylic acids is 3. The molecule has 0 spiro atoms. The number of aliphatic hydroxyl groups is 1. The zero-order chi connectivity index (χ0) is 24.4. The fraction of sp³-hybridized carbons (Fsp3) is 0.458. The minimum Gasteiger partial charge on any atom is -0.462 e. The molecule has 1 saturated heterocycles. The van der Waals surface area contributed by atoms with Crippen LogP contribution in [-0.4, -0.2) is 64.4 Å². The average molecular weight is 467 g/mol. The highest BCUT2D eigenvalue weighted by Gasteiger charge is 2.64. The molecule has 10 heteroatoms. The van der Waals surface area contributed by atoms with Crippen LogP contribution < -0.4 is 5.43 Å². The van der Waals surface area contributed by atoms with Crippen LogP contribution in [0, 0.1) is 6.92 Å². The van der Waals surface area contributed by atoms with Crippen molar-refractivity contribution in [1.82, 2.24) is 9.80 Å². The van der Waals surface area contributed by atoms with Gasteiger partial charge in [0.1, 0.15) is 5.58 Å². The van der Waals surface area contributed by atoms with Gasteiger partial charge in [-0.25, -0.2) is 9.79 Å². The quantitative estimate of drug-likeness (QED) is 0.669. The molecule has 2 aromatic rings. The molecule has 1 aromatic carbocycles. The van der Waals surface area contributed by atoms with Crippen molar-refractivity contribution in [3.05, 3.63) is 45.3 Å². The third-order valence-corrected chi connectivity index (χ3v) is 6.86. The van der Waals surface area contributed by atoms with E-state index in [9.17, 15) is 24.3 Å². The van der Waals surface area contributed by atoms with Crippen LogP contribution in [0.15, 0.2) is 32.4 Å². The lowest BCUT2D eigenvalue weighted by Crippen LogP contribution is -2.69. The summed E-state index contributed by atoms with van der Waals surface area (Å²) in [6.45, 7) is 1.81. The molecule has 2 fully saturated rings. The third kappa shape index (κ3) is 3.08. The Hall–Kier alpha value is -3.53. The van der Waals surface area contributed by atoms with E-state index in [-0.39, 0.29) is 28.6 Å². The number of hydrogen-bond acceptors (Lipinski definition) is 8. The van der Waals surface area contributed by atoms with Crippen LogP contribution in [0.25, 0.3) is 11.0 Å². The van der Waals surface area contributed by atoms with Gasteiger partial charge in [-0.15, -0.1) is 0 Å². The van der Waals surface area contributed by atoms with Crippen molar-refractivity contribution in [2.45, 2.75) is 56.8 Å². The van der Waals surface area contributed by atoms with Crippen LogP contribution in [0.5, 0.6) is 0 Å². The largest absolute Gasteiger partial charge is 0.462 e. The fourth-order valence-corrected chi connectivity index (χ4v) is 4.93. The van der Waals surface area contributed by atoms with Gasteiger partial charge in [0.25, 0.3) is 23.3 Å². The first-order chi connectivity index (χ1) is 16.1. The fourth-order valence-electron chi connectivity index (χ4n) is 4.93. The number of amides is 4. The summed E-state index contributed by atoms with van der Waals surface area (Å²) in [6, 6.07) is 4.11. The van der Waals surface area contributed by atoms with Crippen LogP contribution in [0.3, 0.4) is 0 Å². The molecule has 1 aromatic heterocycles. The molecule has 10 nitrogen and oxygen atoms in total. The van der Waals surface area contributed by atoms with E-state index in [2.05, 4.69) is 4.99 Å². The highest BCUT2D eigenvalue weighted by molar-refractivity contribution is 6.22. The summed E-state index contributed by atoms with van der Waals surface area (Å²) in [7, 11) is 2.30. The Labute approximate surface area is 194 Å². The van der Waals surface area contributed by atoms with Gasteiger partial charge in [-0.1, -0.05) is 30.9 Å². The van der Waals surface area contributed by atoms with Crippen molar-refractivity contribution in [1.29, 1.82) is 0 Å². The number of imide groups is 2. The lowest BCUT2D eigenvalue weighted by Gasteiger charge is -2.40. The van der Waals surface area contributed by atoms with E-state index in [0.717, 1.165) is 51.8 Å². The van der Waals surface area contributed by atoms with Crippen molar-refractivity contribution >= 4 is 34.7 Å². The normalized spacial score (nSPS) is 24.2. The Kier molecular flexibility index (Phi) is 5.09. The van der Waals surface area contributed by atoms with Gasteiger partial charge in [-0.3, -0.25) is 24.2 Å². The Bertz CT molecular complexity index is 1300. The second kappa shape index (κ2) is 7.76. The van der Waals surface area contributed by atoms with Gasteiger partial charge in [0.15, 0.2) is 11.9 Å². The molecule has 1 unspecified atom stereocenters. The number of benzene rings is 1. The van der Waals surface area contributed by atoms with Crippen molar-refractivity contribution in [2.24, 2.45) is 4.99 Å². The van der Waals surface area contributed by atoms with Crippen LogP contribution in [0.1, 0.15) is 55.1 Å². The molecule has 3 heterocycles. The molecular weight excluding hydrogens is 442 g/mol. The number of aliphatic imine (C=N–C) groups is 1. The average Bonchev–Trinajstić information content (AvgIpc) is 3.20. The van der Waals surface area contributed by atoms with Crippen molar-refractivity contribution in [3.63, 3.8) is 0 Å². The highest BCUT2D eigenvalue weighted by atomic mass is 16.5. The standard InChI is InChI=1S/C24H25N3O7/c1-12-9-10-15-14(11-12)17(28)16-18(33-15)20(25-13-7-5-4-6-8-13)34-19(16)24(32)21(29)26(2)23(31)27(3)22(24)30/h9-11,13,19,32H,4-8H2,1-3H3. The molecule has 1 saturated carbocycles. The highest BCUT2D eigenvalue weighted by Crippen LogP contribution is 2.42. The topological polar surface area (TPSA) is 130 Å². The molecule has 1 atom stereocenters. The smallest absolute Gasteiger partial charge is 0.333 e. The van der Waals surface area contributed by atoms with E-state index in [1.165, 1.54) is 0 Å². The molecule has 178 valence electrons. The van der Waals surface area contributed by atoms with E-state index in [0.29, 0.717) is 15.4 Å². The molecule has 0 radical (unpaired) electrons. The number of urea groups is 1. The van der Waals surface area contributed by atoms with Crippen molar-refractivity contribution in [3.8, 4) is 0 Å². The first-order valence-corrected chi connectivity index (χ1v) is 11.3.